The highest BCUT2D eigenvalue weighted by Gasteiger charge is 2.23. The van der Waals surface area contributed by atoms with Crippen LogP contribution in [0.1, 0.15) is 17.4 Å². The fourth-order valence-corrected chi connectivity index (χ4v) is 1.07. The Hall–Kier alpha value is -1.69. The van der Waals surface area contributed by atoms with Gasteiger partial charge in [-0.05, 0) is 13.0 Å². The van der Waals surface area contributed by atoms with Crippen LogP contribution in [-0.4, -0.2) is 22.5 Å². The van der Waals surface area contributed by atoms with Gasteiger partial charge >= 0.3 is 11.7 Å². The van der Waals surface area contributed by atoms with Gasteiger partial charge in [0.1, 0.15) is 5.15 Å². The van der Waals surface area contributed by atoms with Gasteiger partial charge in [0, 0.05) is 6.07 Å². The lowest BCUT2D eigenvalue weighted by Gasteiger charge is -2.01. The van der Waals surface area contributed by atoms with Gasteiger partial charge in [-0.25, -0.2) is 9.78 Å². The summed E-state index contributed by atoms with van der Waals surface area (Å²) in [5.74, 6) is -0.855. The number of ether oxygens (including phenoxy) is 1. The number of hydrogen-bond donors (Lipinski definition) is 0. The van der Waals surface area contributed by atoms with Crippen LogP contribution in [0.15, 0.2) is 12.1 Å². The number of carbonyl (C=O) groups is 1. The predicted octanol–water partition coefficient (Wildman–Crippen LogP) is 1.82. The van der Waals surface area contributed by atoms with Crippen molar-refractivity contribution >= 4 is 23.3 Å². The van der Waals surface area contributed by atoms with Gasteiger partial charge in [-0.3, -0.25) is 10.1 Å². The zero-order valence-corrected chi connectivity index (χ0v) is 8.52. The molecule has 0 radical (unpaired) electrons. The Balaban J connectivity index is 3.18. The summed E-state index contributed by atoms with van der Waals surface area (Å²) in [5.41, 5.74) is -0.799. The number of carbonyl (C=O) groups excluding carboxylic acids is 1. The van der Waals surface area contributed by atoms with E-state index in [4.69, 9.17) is 11.6 Å². The molecule has 0 unspecified atom stereocenters. The smallest absolute Gasteiger partial charge is 0.364 e. The number of halogens is 1. The van der Waals surface area contributed by atoms with Gasteiger partial charge in [0.2, 0.25) is 5.69 Å². The van der Waals surface area contributed by atoms with Gasteiger partial charge in [-0.1, -0.05) is 11.6 Å². The number of aromatic nitrogens is 1. The molecule has 80 valence electrons. The molecule has 0 N–H and O–H groups in total. The third kappa shape index (κ3) is 2.63. The summed E-state index contributed by atoms with van der Waals surface area (Å²) in [7, 11) is 0. The zero-order valence-electron chi connectivity index (χ0n) is 7.77. The third-order valence-electron chi connectivity index (χ3n) is 1.51. The van der Waals surface area contributed by atoms with E-state index in [1.54, 1.807) is 6.92 Å². The maximum Gasteiger partial charge on any atom is 0.364 e. The quantitative estimate of drug-likeness (QED) is 0.342. The summed E-state index contributed by atoms with van der Waals surface area (Å²) in [5, 5.41) is 10.6. The normalized spacial score (nSPS) is 9.73. The molecule has 1 rings (SSSR count). The van der Waals surface area contributed by atoms with Crippen LogP contribution in [0.25, 0.3) is 0 Å². The Kier molecular flexibility index (Phi) is 3.56. The second-order valence-electron chi connectivity index (χ2n) is 2.48. The Labute approximate surface area is 90.0 Å². The molecule has 0 saturated carbocycles. The van der Waals surface area contributed by atoms with Crippen LogP contribution in [0.4, 0.5) is 5.69 Å². The Morgan fingerprint density at radius 3 is 2.87 bits per heavy atom. The van der Waals surface area contributed by atoms with Gasteiger partial charge in [0.15, 0.2) is 0 Å². The van der Waals surface area contributed by atoms with E-state index in [0.717, 1.165) is 6.07 Å². The second-order valence-corrected chi connectivity index (χ2v) is 2.87. The first kappa shape index (κ1) is 11.4. The Bertz CT molecular complexity index is 408. The van der Waals surface area contributed by atoms with E-state index >= 15 is 0 Å². The van der Waals surface area contributed by atoms with Crippen LogP contribution in [0.3, 0.4) is 0 Å². The van der Waals surface area contributed by atoms with Crippen molar-refractivity contribution in [1.29, 1.82) is 0 Å². The summed E-state index contributed by atoms with van der Waals surface area (Å²) in [6.45, 7) is 1.71. The molecule has 0 amide bonds. The van der Waals surface area contributed by atoms with Crippen molar-refractivity contribution in [2.45, 2.75) is 6.92 Å². The van der Waals surface area contributed by atoms with Crippen molar-refractivity contribution in [2.75, 3.05) is 6.61 Å². The molecular formula is C8H7ClN2O4. The van der Waals surface area contributed by atoms with Crippen molar-refractivity contribution in [3.05, 3.63) is 33.1 Å². The van der Waals surface area contributed by atoms with E-state index in [-0.39, 0.29) is 17.5 Å². The highest BCUT2D eigenvalue weighted by Crippen LogP contribution is 2.19. The number of rotatable bonds is 3. The van der Waals surface area contributed by atoms with E-state index < -0.39 is 16.6 Å². The standard InChI is InChI=1S/C8H7ClN2O4/c1-2-15-8(12)7-5(11(13)14)3-4-6(9)10-7/h3-4H,2H2,1H3. The van der Waals surface area contributed by atoms with E-state index in [0.29, 0.717) is 0 Å². The first-order valence-electron chi connectivity index (χ1n) is 4.04. The molecule has 0 aromatic carbocycles. The van der Waals surface area contributed by atoms with Crippen LogP contribution in [0.5, 0.6) is 0 Å². The molecule has 7 heteroatoms. The minimum Gasteiger partial charge on any atom is -0.461 e. The SMILES string of the molecule is CCOC(=O)c1nc(Cl)ccc1[N+](=O)[O-]. The van der Waals surface area contributed by atoms with Crippen molar-refractivity contribution in [1.82, 2.24) is 4.98 Å². The fourth-order valence-electron chi connectivity index (χ4n) is 0.925. The molecule has 0 spiro atoms. The Morgan fingerprint density at radius 1 is 1.67 bits per heavy atom. The monoisotopic (exact) mass is 230 g/mol. The Morgan fingerprint density at radius 2 is 2.33 bits per heavy atom. The number of esters is 1. The van der Waals surface area contributed by atoms with E-state index in [1.807, 2.05) is 0 Å². The van der Waals surface area contributed by atoms with E-state index in [9.17, 15) is 14.9 Å². The second kappa shape index (κ2) is 4.70. The maximum atomic E-state index is 11.3. The fraction of sp³-hybridized carbons (Fsp3) is 0.250. The summed E-state index contributed by atoms with van der Waals surface area (Å²) >= 11 is 5.52. The lowest BCUT2D eigenvalue weighted by Crippen LogP contribution is -2.10. The highest BCUT2D eigenvalue weighted by atomic mass is 35.5. The number of hydrogen-bond acceptors (Lipinski definition) is 5. The predicted molar refractivity (Wildman–Crippen MR) is 51.9 cm³/mol. The average molecular weight is 231 g/mol. The highest BCUT2D eigenvalue weighted by molar-refractivity contribution is 6.29. The molecule has 1 heterocycles. The summed E-state index contributed by atoms with van der Waals surface area (Å²) in [6, 6.07) is 2.35. The van der Waals surface area contributed by atoms with Crippen molar-refractivity contribution < 1.29 is 14.5 Å². The van der Waals surface area contributed by atoms with Gasteiger partial charge in [0.25, 0.3) is 0 Å². The van der Waals surface area contributed by atoms with E-state index in [2.05, 4.69) is 9.72 Å². The van der Waals surface area contributed by atoms with Crippen LogP contribution >= 0.6 is 11.6 Å². The van der Waals surface area contributed by atoms with Gasteiger partial charge in [-0.2, -0.15) is 0 Å². The summed E-state index contributed by atoms with van der Waals surface area (Å²) in [4.78, 5) is 24.7. The topological polar surface area (TPSA) is 82.3 Å². The molecule has 1 aromatic rings. The minimum absolute atomic E-state index is 0.00338. The minimum atomic E-state index is -0.855. The molecule has 0 bridgehead atoms. The number of pyridine rings is 1. The molecule has 6 nitrogen and oxygen atoms in total. The van der Waals surface area contributed by atoms with Gasteiger partial charge in [-0.15, -0.1) is 0 Å². The van der Waals surface area contributed by atoms with Crippen molar-refractivity contribution in [3.8, 4) is 0 Å². The largest absolute Gasteiger partial charge is 0.461 e. The molecule has 0 aliphatic carbocycles. The van der Waals surface area contributed by atoms with E-state index in [1.165, 1.54) is 6.07 Å². The molecule has 0 aliphatic heterocycles. The van der Waals surface area contributed by atoms with Crippen LogP contribution < -0.4 is 0 Å². The summed E-state index contributed by atoms with van der Waals surface area (Å²) in [6.07, 6.45) is 0. The first-order chi connectivity index (χ1) is 7.06. The zero-order chi connectivity index (χ0) is 11.4. The lowest BCUT2D eigenvalue weighted by molar-refractivity contribution is -0.385. The summed E-state index contributed by atoms with van der Waals surface area (Å²) < 4.78 is 4.61. The average Bonchev–Trinajstić information content (AvgIpc) is 2.17. The molecule has 1 aromatic heterocycles. The molecule has 15 heavy (non-hydrogen) atoms. The molecule has 0 aliphatic rings. The lowest BCUT2D eigenvalue weighted by atomic mass is 10.3. The van der Waals surface area contributed by atoms with Crippen LogP contribution in [0.2, 0.25) is 5.15 Å². The van der Waals surface area contributed by atoms with Crippen molar-refractivity contribution in [2.24, 2.45) is 0 Å². The molecule has 0 fully saturated rings. The number of nitrogens with zero attached hydrogens (tertiary/aromatic N) is 2. The molecular weight excluding hydrogens is 224 g/mol. The van der Waals surface area contributed by atoms with Crippen LogP contribution in [0, 0.1) is 10.1 Å². The molecule has 0 atom stereocenters. The third-order valence-corrected chi connectivity index (χ3v) is 1.72. The van der Waals surface area contributed by atoms with Gasteiger partial charge < -0.3 is 4.74 Å². The van der Waals surface area contributed by atoms with Crippen molar-refractivity contribution in [3.63, 3.8) is 0 Å². The maximum absolute atomic E-state index is 11.3. The van der Waals surface area contributed by atoms with Gasteiger partial charge in [0.05, 0.1) is 11.5 Å². The molecule has 0 saturated heterocycles. The number of nitro groups is 1. The van der Waals surface area contributed by atoms with Crippen LogP contribution in [-0.2, 0) is 4.74 Å². The first-order valence-corrected chi connectivity index (χ1v) is 4.42.